The average Bonchev–Trinajstić information content (AvgIpc) is 2.94. The zero-order valence-electron chi connectivity index (χ0n) is 18.1. The van der Waals surface area contributed by atoms with Gasteiger partial charge in [0.1, 0.15) is 17.1 Å². The molecule has 0 saturated carbocycles. The Morgan fingerprint density at radius 3 is 2.52 bits per heavy atom. The lowest BCUT2D eigenvalue weighted by molar-refractivity contribution is 0.432. The largest absolute Gasteiger partial charge is 0.507 e. The van der Waals surface area contributed by atoms with Crippen LogP contribution < -0.4 is 15.8 Å². The van der Waals surface area contributed by atoms with Crippen molar-refractivity contribution >= 4 is 22.8 Å². The van der Waals surface area contributed by atoms with E-state index in [4.69, 9.17) is 9.41 Å². The number of aromatic hydroxyl groups is 1. The van der Waals surface area contributed by atoms with Gasteiger partial charge in [-0.3, -0.25) is 4.99 Å². The zero-order valence-corrected chi connectivity index (χ0v) is 18.1. The highest BCUT2D eigenvalue weighted by molar-refractivity contribution is 6.05. The predicted octanol–water partition coefficient (Wildman–Crippen LogP) is 5.18. The molecule has 0 saturated heterocycles. The second-order valence-corrected chi connectivity index (χ2v) is 7.65. The third-order valence-corrected chi connectivity index (χ3v) is 5.65. The van der Waals surface area contributed by atoms with Gasteiger partial charge in [0.05, 0.1) is 23.1 Å². The summed E-state index contributed by atoms with van der Waals surface area (Å²) in [5.74, 6) is 0.255. The molecule has 0 unspecified atom stereocenters. The first-order chi connectivity index (χ1) is 15.0. The second kappa shape index (κ2) is 8.68. The monoisotopic (exact) mass is 417 g/mol. The molecule has 31 heavy (non-hydrogen) atoms. The lowest BCUT2D eigenvalue weighted by atomic mass is 9.97. The molecular formula is C25H27N3O3. The van der Waals surface area contributed by atoms with E-state index in [0.29, 0.717) is 17.9 Å². The number of anilines is 2. The molecule has 0 fully saturated rings. The molecule has 0 aliphatic carbocycles. The Labute approximate surface area is 181 Å². The van der Waals surface area contributed by atoms with Crippen LogP contribution in [-0.4, -0.2) is 23.9 Å². The van der Waals surface area contributed by atoms with Crippen LogP contribution in [0.2, 0.25) is 0 Å². The van der Waals surface area contributed by atoms with Gasteiger partial charge < -0.3 is 19.7 Å². The quantitative estimate of drug-likeness (QED) is 0.598. The summed E-state index contributed by atoms with van der Waals surface area (Å²) in [5.41, 5.74) is 3.90. The van der Waals surface area contributed by atoms with E-state index in [-0.39, 0.29) is 17.4 Å². The molecule has 2 heterocycles. The van der Waals surface area contributed by atoms with Crippen molar-refractivity contribution in [1.29, 1.82) is 0 Å². The van der Waals surface area contributed by atoms with Crippen LogP contribution in [0, 0.1) is 6.92 Å². The number of hydrogen-bond donors (Lipinski definition) is 2. The molecule has 1 aromatic heterocycles. The number of aryl methyl sites for hydroxylation is 1. The predicted molar refractivity (Wildman–Crippen MR) is 125 cm³/mol. The minimum Gasteiger partial charge on any atom is -0.507 e. The lowest BCUT2D eigenvalue weighted by Gasteiger charge is -2.23. The first-order valence-corrected chi connectivity index (χ1v) is 10.6. The van der Waals surface area contributed by atoms with Crippen molar-refractivity contribution in [3.05, 3.63) is 81.9 Å². The van der Waals surface area contributed by atoms with Gasteiger partial charge >= 0.3 is 5.63 Å². The van der Waals surface area contributed by atoms with Crippen LogP contribution in [0.3, 0.4) is 0 Å². The molecule has 2 aromatic carbocycles. The summed E-state index contributed by atoms with van der Waals surface area (Å²) >= 11 is 0. The van der Waals surface area contributed by atoms with Crippen molar-refractivity contribution in [3.8, 4) is 5.75 Å². The van der Waals surface area contributed by atoms with Gasteiger partial charge in [0.2, 0.25) is 0 Å². The van der Waals surface area contributed by atoms with E-state index < -0.39 is 5.63 Å². The highest BCUT2D eigenvalue weighted by Crippen LogP contribution is 2.36. The molecule has 6 heteroatoms. The fourth-order valence-electron chi connectivity index (χ4n) is 4.04. The van der Waals surface area contributed by atoms with E-state index >= 15 is 0 Å². The van der Waals surface area contributed by atoms with E-state index in [1.54, 1.807) is 6.92 Å². The van der Waals surface area contributed by atoms with Crippen molar-refractivity contribution < 1.29 is 9.52 Å². The number of rotatable bonds is 5. The smallest absolute Gasteiger partial charge is 0.348 e. The number of para-hydroxylation sites is 2. The van der Waals surface area contributed by atoms with Gasteiger partial charge in [0.15, 0.2) is 0 Å². The maximum absolute atomic E-state index is 12.6. The number of hydrogen-bond acceptors (Lipinski definition) is 6. The lowest BCUT2D eigenvalue weighted by Crippen LogP contribution is -2.22. The SMILES string of the molecule is CCN(CC)c1ccc([C@@H]2CC(c3c(O)cc(C)oc3=O)=Nc3ccccc3N2)cc1. The maximum Gasteiger partial charge on any atom is 0.348 e. The average molecular weight is 418 g/mol. The van der Waals surface area contributed by atoms with Crippen LogP contribution in [0.4, 0.5) is 17.1 Å². The van der Waals surface area contributed by atoms with Crippen LogP contribution >= 0.6 is 0 Å². The molecule has 6 nitrogen and oxygen atoms in total. The highest BCUT2D eigenvalue weighted by Gasteiger charge is 2.25. The van der Waals surface area contributed by atoms with Gasteiger partial charge in [-0.1, -0.05) is 24.3 Å². The Morgan fingerprint density at radius 1 is 1.13 bits per heavy atom. The summed E-state index contributed by atoms with van der Waals surface area (Å²) in [5, 5.41) is 14.1. The normalized spacial score (nSPS) is 15.5. The van der Waals surface area contributed by atoms with Crippen LogP contribution in [0.25, 0.3) is 0 Å². The summed E-state index contributed by atoms with van der Waals surface area (Å²) in [4.78, 5) is 19.6. The first-order valence-electron chi connectivity index (χ1n) is 10.6. The Kier molecular flexibility index (Phi) is 5.80. The van der Waals surface area contributed by atoms with E-state index in [2.05, 4.69) is 48.3 Å². The summed E-state index contributed by atoms with van der Waals surface area (Å²) < 4.78 is 5.26. The van der Waals surface area contributed by atoms with Crippen LogP contribution in [0.1, 0.15) is 43.2 Å². The van der Waals surface area contributed by atoms with Crippen LogP contribution in [0.15, 0.2) is 68.8 Å². The Morgan fingerprint density at radius 2 is 1.84 bits per heavy atom. The van der Waals surface area contributed by atoms with Gasteiger partial charge in [0, 0.05) is 31.3 Å². The topological polar surface area (TPSA) is 78.1 Å². The maximum atomic E-state index is 12.6. The van der Waals surface area contributed by atoms with Crippen LogP contribution in [0.5, 0.6) is 5.75 Å². The second-order valence-electron chi connectivity index (χ2n) is 7.65. The molecule has 3 aromatic rings. The molecule has 0 bridgehead atoms. The third-order valence-electron chi connectivity index (χ3n) is 5.65. The van der Waals surface area contributed by atoms with Gasteiger partial charge in [-0.15, -0.1) is 0 Å². The van der Waals surface area contributed by atoms with Gasteiger partial charge in [0.25, 0.3) is 0 Å². The third kappa shape index (κ3) is 4.19. The van der Waals surface area contributed by atoms with Crippen molar-refractivity contribution in [1.82, 2.24) is 0 Å². The molecule has 4 rings (SSSR count). The summed E-state index contributed by atoms with van der Waals surface area (Å²) in [7, 11) is 0. The van der Waals surface area contributed by atoms with E-state index in [1.165, 1.54) is 11.8 Å². The molecule has 0 spiro atoms. The van der Waals surface area contributed by atoms with Gasteiger partial charge in [-0.05, 0) is 50.6 Å². The Bertz CT molecular complexity index is 1160. The number of benzene rings is 2. The minimum atomic E-state index is -0.578. The van der Waals surface area contributed by atoms with Gasteiger partial charge in [-0.25, -0.2) is 4.79 Å². The number of fused-ring (bicyclic) bond motifs is 1. The van der Waals surface area contributed by atoms with E-state index in [0.717, 1.165) is 30.0 Å². The zero-order chi connectivity index (χ0) is 22.0. The van der Waals surface area contributed by atoms with Gasteiger partial charge in [-0.2, -0.15) is 0 Å². The van der Waals surface area contributed by atoms with E-state index in [9.17, 15) is 9.90 Å². The number of aliphatic imine (C=N–C) groups is 1. The summed E-state index contributed by atoms with van der Waals surface area (Å²) in [6.07, 6.45) is 0.431. The molecule has 1 aliphatic heterocycles. The fourth-order valence-corrected chi connectivity index (χ4v) is 4.04. The molecular weight excluding hydrogens is 390 g/mol. The first kappa shape index (κ1) is 20.7. The van der Waals surface area contributed by atoms with Crippen molar-refractivity contribution in [3.63, 3.8) is 0 Å². The number of nitrogens with one attached hydrogen (secondary N) is 1. The molecule has 0 amide bonds. The minimum absolute atomic E-state index is 0.109. The molecule has 160 valence electrons. The highest BCUT2D eigenvalue weighted by atomic mass is 16.4. The Hall–Kier alpha value is -3.54. The Balaban J connectivity index is 1.77. The molecule has 1 aliphatic rings. The standard InChI is InChI=1S/C25H27N3O3/c1-4-28(5-2)18-12-10-17(11-13-18)21-15-22(24-23(29)14-16(3)31-25(24)30)27-20-9-7-6-8-19(20)26-21/h6-14,21,26,29H,4-5,15H2,1-3H3/t21-/m0/s1. The van der Waals surface area contributed by atoms with Crippen molar-refractivity contribution in [2.75, 3.05) is 23.3 Å². The number of nitrogens with zero attached hydrogens (tertiary/aromatic N) is 2. The van der Waals surface area contributed by atoms with Crippen molar-refractivity contribution in [2.24, 2.45) is 4.99 Å². The molecule has 0 radical (unpaired) electrons. The summed E-state index contributed by atoms with van der Waals surface area (Å²) in [6.45, 7) is 7.82. The summed E-state index contributed by atoms with van der Waals surface area (Å²) in [6, 6.07) is 17.5. The fraction of sp³-hybridized carbons (Fsp3) is 0.280. The molecule has 2 N–H and O–H groups in total. The molecule has 1 atom stereocenters. The van der Waals surface area contributed by atoms with Crippen LogP contribution in [-0.2, 0) is 0 Å². The van der Waals surface area contributed by atoms with E-state index in [1.807, 2.05) is 24.3 Å². The van der Waals surface area contributed by atoms with Crippen molar-refractivity contribution in [2.45, 2.75) is 33.2 Å².